The molecule has 6 heteroatoms. The number of rotatable bonds is 4. The van der Waals surface area contributed by atoms with Gasteiger partial charge in [0.1, 0.15) is 0 Å². The van der Waals surface area contributed by atoms with Crippen LogP contribution in [0.4, 0.5) is 0 Å². The number of nitrogens with two attached hydrogens (primary N) is 1. The van der Waals surface area contributed by atoms with Crippen molar-refractivity contribution in [2.45, 2.75) is 11.0 Å². The van der Waals surface area contributed by atoms with E-state index in [1.165, 1.54) is 30.6 Å². The molecule has 0 fully saturated rings. The summed E-state index contributed by atoms with van der Waals surface area (Å²) in [5.41, 5.74) is 5.81. The summed E-state index contributed by atoms with van der Waals surface area (Å²) in [5, 5.41) is 9.55. The van der Waals surface area contributed by atoms with E-state index in [9.17, 15) is 13.5 Å². The summed E-state index contributed by atoms with van der Waals surface area (Å²) in [6.07, 6.45) is 1.92. The molecule has 1 aromatic heterocycles. The van der Waals surface area contributed by atoms with Crippen LogP contribution in [0.5, 0.6) is 0 Å². The van der Waals surface area contributed by atoms with Crippen LogP contribution in [0.15, 0.2) is 53.7 Å². The van der Waals surface area contributed by atoms with E-state index in [2.05, 4.69) is 0 Å². The zero-order chi connectivity index (χ0) is 13.2. The van der Waals surface area contributed by atoms with E-state index < -0.39 is 16.1 Å². The van der Waals surface area contributed by atoms with Crippen molar-refractivity contribution in [1.82, 2.24) is 3.97 Å². The Kier molecular flexibility index (Phi) is 3.51. The fourth-order valence-corrected chi connectivity index (χ4v) is 2.82. The Morgan fingerprint density at radius 2 is 1.89 bits per heavy atom. The van der Waals surface area contributed by atoms with E-state index in [-0.39, 0.29) is 11.4 Å². The molecular weight excluding hydrogens is 252 g/mol. The summed E-state index contributed by atoms with van der Waals surface area (Å²) in [5.74, 6) is 0. The third kappa shape index (κ3) is 2.31. The number of nitrogens with zero attached hydrogens (tertiary/aromatic N) is 1. The van der Waals surface area contributed by atoms with Gasteiger partial charge in [0.2, 0.25) is 0 Å². The summed E-state index contributed by atoms with van der Waals surface area (Å²) >= 11 is 0. The molecule has 0 aliphatic heterocycles. The Hall–Kier alpha value is -1.63. The van der Waals surface area contributed by atoms with Crippen molar-refractivity contribution in [3.63, 3.8) is 0 Å². The van der Waals surface area contributed by atoms with Gasteiger partial charge in [-0.1, -0.05) is 18.2 Å². The van der Waals surface area contributed by atoms with Crippen LogP contribution in [0.25, 0.3) is 0 Å². The van der Waals surface area contributed by atoms with E-state index in [1.54, 1.807) is 18.2 Å². The summed E-state index contributed by atoms with van der Waals surface area (Å²) < 4.78 is 25.5. The van der Waals surface area contributed by atoms with E-state index in [0.29, 0.717) is 5.56 Å². The van der Waals surface area contributed by atoms with Crippen LogP contribution in [0.2, 0.25) is 0 Å². The first-order chi connectivity index (χ1) is 8.55. The maximum Gasteiger partial charge on any atom is 0.267 e. The molecule has 1 heterocycles. The van der Waals surface area contributed by atoms with Gasteiger partial charge in [0.15, 0.2) is 0 Å². The molecule has 0 aliphatic rings. The van der Waals surface area contributed by atoms with E-state index in [1.807, 2.05) is 0 Å². The summed E-state index contributed by atoms with van der Waals surface area (Å²) in [6.45, 7) is 0.0510. The molecule has 0 spiro atoms. The maximum atomic E-state index is 12.2. The Bertz CT molecular complexity index is 620. The van der Waals surface area contributed by atoms with Crippen molar-refractivity contribution in [1.29, 1.82) is 0 Å². The SMILES string of the molecule is NCC(O)c1ccn(S(=O)(=O)c2ccccc2)c1. The van der Waals surface area contributed by atoms with Gasteiger partial charge in [0.05, 0.1) is 11.0 Å². The van der Waals surface area contributed by atoms with Gasteiger partial charge in [-0.15, -0.1) is 0 Å². The summed E-state index contributed by atoms with van der Waals surface area (Å²) in [4.78, 5) is 0.203. The van der Waals surface area contributed by atoms with Gasteiger partial charge in [0.25, 0.3) is 10.0 Å². The number of hydrogen-bond acceptors (Lipinski definition) is 4. The zero-order valence-electron chi connectivity index (χ0n) is 9.60. The van der Waals surface area contributed by atoms with Crippen LogP contribution in [0.1, 0.15) is 11.7 Å². The van der Waals surface area contributed by atoms with Crippen molar-refractivity contribution < 1.29 is 13.5 Å². The zero-order valence-corrected chi connectivity index (χ0v) is 10.4. The second kappa shape index (κ2) is 4.93. The summed E-state index contributed by atoms with van der Waals surface area (Å²) in [7, 11) is -3.60. The Morgan fingerprint density at radius 1 is 1.22 bits per heavy atom. The van der Waals surface area contributed by atoms with Gasteiger partial charge in [-0.25, -0.2) is 12.4 Å². The van der Waals surface area contributed by atoms with Crippen LogP contribution in [-0.4, -0.2) is 24.0 Å². The van der Waals surface area contributed by atoms with Crippen molar-refractivity contribution in [2.75, 3.05) is 6.54 Å². The van der Waals surface area contributed by atoms with Crippen LogP contribution >= 0.6 is 0 Å². The third-order valence-electron chi connectivity index (χ3n) is 2.62. The molecule has 96 valence electrons. The molecule has 0 saturated carbocycles. The van der Waals surface area contributed by atoms with Crippen LogP contribution in [0, 0.1) is 0 Å². The van der Waals surface area contributed by atoms with Crippen LogP contribution in [-0.2, 0) is 10.0 Å². The molecule has 1 unspecified atom stereocenters. The molecule has 1 atom stereocenters. The third-order valence-corrected chi connectivity index (χ3v) is 4.27. The molecule has 18 heavy (non-hydrogen) atoms. The normalized spacial score (nSPS) is 13.4. The van der Waals surface area contributed by atoms with Crippen molar-refractivity contribution >= 4 is 10.0 Å². The van der Waals surface area contributed by atoms with Gasteiger partial charge in [-0.05, 0) is 18.2 Å². The fraction of sp³-hybridized carbons (Fsp3) is 0.167. The largest absolute Gasteiger partial charge is 0.387 e. The number of hydrogen-bond donors (Lipinski definition) is 2. The average molecular weight is 266 g/mol. The highest BCUT2D eigenvalue weighted by Crippen LogP contribution is 2.17. The first-order valence-electron chi connectivity index (χ1n) is 5.42. The molecule has 0 saturated heterocycles. The van der Waals surface area contributed by atoms with Crippen LogP contribution < -0.4 is 5.73 Å². The van der Waals surface area contributed by atoms with Crippen LogP contribution in [0.3, 0.4) is 0 Å². The lowest BCUT2D eigenvalue weighted by atomic mass is 10.2. The highest BCUT2D eigenvalue weighted by atomic mass is 32.2. The van der Waals surface area contributed by atoms with Gasteiger partial charge in [0, 0.05) is 24.5 Å². The quantitative estimate of drug-likeness (QED) is 0.853. The highest BCUT2D eigenvalue weighted by molar-refractivity contribution is 7.90. The van der Waals surface area contributed by atoms with Crippen molar-refractivity contribution in [3.8, 4) is 0 Å². The van der Waals surface area contributed by atoms with Crippen molar-refractivity contribution in [2.24, 2.45) is 5.73 Å². The maximum absolute atomic E-state index is 12.2. The molecule has 5 nitrogen and oxygen atoms in total. The molecule has 0 amide bonds. The molecule has 2 aromatic rings. The first-order valence-corrected chi connectivity index (χ1v) is 6.86. The Morgan fingerprint density at radius 3 is 2.50 bits per heavy atom. The molecular formula is C12H14N2O3S. The minimum Gasteiger partial charge on any atom is -0.387 e. The highest BCUT2D eigenvalue weighted by Gasteiger charge is 2.17. The van der Waals surface area contributed by atoms with Gasteiger partial charge in [-0.2, -0.15) is 0 Å². The number of aromatic nitrogens is 1. The molecule has 2 rings (SSSR count). The Labute approximate surface area is 106 Å². The minimum atomic E-state index is -3.60. The standard InChI is InChI=1S/C12H14N2O3S/c13-8-12(15)10-6-7-14(9-10)18(16,17)11-4-2-1-3-5-11/h1-7,9,12,15H,8,13H2. The monoisotopic (exact) mass is 266 g/mol. The lowest BCUT2D eigenvalue weighted by molar-refractivity contribution is 0.187. The van der Waals surface area contributed by atoms with E-state index in [0.717, 1.165) is 3.97 Å². The molecule has 0 radical (unpaired) electrons. The first kappa shape index (κ1) is 12.8. The predicted octanol–water partition coefficient (Wildman–Crippen LogP) is 0.717. The number of aliphatic hydroxyl groups excluding tert-OH is 1. The second-order valence-corrected chi connectivity index (χ2v) is 5.69. The lowest BCUT2D eigenvalue weighted by Crippen LogP contribution is -2.13. The van der Waals surface area contributed by atoms with E-state index >= 15 is 0 Å². The smallest absolute Gasteiger partial charge is 0.267 e. The summed E-state index contributed by atoms with van der Waals surface area (Å²) in [6, 6.07) is 9.65. The number of benzene rings is 1. The molecule has 0 aliphatic carbocycles. The van der Waals surface area contributed by atoms with E-state index in [4.69, 9.17) is 5.73 Å². The topological polar surface area (TPSA) is 85.3 Å². The Balaban J connectivity index is 2.40. The van der Waals surface area contributed by atoms with Gasteiger partial charge >= 0.3 is 0 Å². The van der Waals surface area contributed by atoms with Gasteiger partial charge < -0.3 is 10.8 Å². The molecule has 0 bridgehead atoms. The minimum absolute atomic E-state index is 0.0510. The number of aliphatic hydroxyl groups is 1. The average Bonchev–Trinajstić information content (AvgIpc) is 2.89. The van der Waals surface area contributed by atoms with Crippen molar-refractivity contribution in [3.05, 3.63) is 54.4 Å². The molecule has 3 N–H and O–H groups in total. The van der Waals surface area contributed by atoms with Gasteiger partial charge in [-0.3, -0.25) is 0 Å². The lowest BCUT2D eigenvalue weighted by Gasteiger charge is -2.06. The fourth-order valence-electron chi connectivity index (χ4n) is 1.59. The molecule has 1 aromatic carbocycles. The predicted molar refractivity (Wildman–Crippen MR) is 67.5 cm³/mol. The second-order valence-electron chi connectivity index (χ2n) is 3.84.